The highest BCUT2D eigenvalue weighted by molar-refractivity contribution is 5.77. The van der Waals surface area contributed by atoms with Crippen LogP contribution >= 0.6 is 0 Å². The Kier molecular flexibility index (Phi) is 7.77. The van der Waals surface area contributed by atoms with Gasteiger partial charge < -0.3 is 20.9 Å². The molecule has 8 heteroatoms. The predicted molar refractivity (Wildman–Crippen MR) is 94.7 cm³/mol. The lowest BCUT2D eigenvalue weighted by atomic mass is 10.1. The molecule has 3 N–H and O–H groups in total. The van der Waals surface area contributed by atoms with Crippen molar-refractivity contribution >= 4 is 11.9 Å². The third-order valence-electron chi connectivity index (χ3n) is 4.22. The highest BCUT2D eigenvalue weighted by Gasteiger charge is 2.24. The fourth-order valence-corrected chi connectivity index (χ4v) is 2.83. The number of benzene rings is 1. The average molecular weight is 368 g/mol. The maximum Gasteiger partial charge on any atom is 0.317 e. The van der Waals surface area contributed by atoms with Gasteiger partial charge in [0, 0.05) is 45.2 Å². The Morgan fingerprint density at radius 1 is 1.23 bits per heavy atom. The van der Waals surface area contributed by atoms with Gasteiger partial charge in [-0.2, -0.15) is 0 Å². The second-order valence-corrected chi connectivity index (χ2v) is 6.38. The van der Waals surface area contributed by atoms with Crippen molar-refractivity contribution in [3.63, 3.8) is 0 Å². The smallest absolute Gasteiger partial charge is 0.317 e. The zero-order chi connectivity index (χ0) is 18.9. The molecule has 3 amide bonds. The van der Waals surface area contributed by atoms with Gasteiger partial charge in [0.1, 0.15) is 0 Å². The molecule has 2 rings (SSSR count). The molecule has 0 aliphatic carbocycles. The molecule has 26 heavy (non-hydrogen) atoms. The number of amides is 3. The highest BCUT2D eigenvalue weighted by atomic mass is 19.2. The summed E-state index contributed by atoms with van der Waals surface area (Å²) in [5.74, 6) is -1.91. The van der Waals surface area contributed by atoms with Crippen molar-refractivity contribution in [1.29, 1.82) is 0 Å². The molecule has 0 saturated carbocycles. The number of hydrogen-bond donors (Lipinski definition) is 3. The predicted octanol–water partition coefficient (Wildman–Crippen LogP) is 1.41. The van der Waals surface area contributed by atoms with Crippen LogP contribution in [0.1, 0.15) is 25.3 Å². The number of carbonyl (C=O) groups is 2. The van der Waals surface area contributed by atoms with Crippen LogP contribution in [0.2, 0.25) is 0 Å². The summed E-state index contributed by atoms with van der Waals surface area (Å²) < 4.78 is 26.0. The molecule has 1 aliphatic heterocycles. The molecule has 1 unspecified atom stereocenters. The first kappa shape index (κ1) is 20.1. The van der Waals surface area contributed by atoms with Crippen molar-refractivity contribution in [2.75, 3.05) is 32.7 Å². The van der Waals surface area contributed by atoms with E-state index < -0.39 is 11.6 Å². The molecule has 1 saturated heterocycles. The van der Waals surface area contributed by atoms with Crippen LogP contribution in [0.4, 0.5) is 13.6 Å². The number of nitrogens with one attached hydrogen (secondary N) is 3. The van der Waals surface area contributed by atoms with Gasteiger partial charge in [0.2, 0.25) is 5.91 Å². The molecule has 1 heterocycles. The van der Waals surface area contributed by atoms with Crippen molar-refractivity contribution in [2.24, 2.45) is 0 Å². The van der Waals surface area contributed by atoms with Gasteiger partial charge in [-0.05, 0) is 30.5 Å². The van der Waals surface area contributed by atoms with Gasteiger partial charge in [0.25, 0.3) is 0 Å². The summed E-state index contributed by atoms with van der Waals surface area (Å²) in [6, 6.07) is 3.52. The van der Waals surface area contributed by atoms with E-state index in [-0.39, 0.29) is 24.4 Å². The molecule has 1 atom stereocenters. The summed E-state index contributed by atoms with van der Waals surface area (Å²) >= 11 is 0. The molecule has 0 spiro atoms. The summed E-state index contributed by atoms with van der Waals surface area (Å²) in [6.45, 7) is 4.71. The van der Waals surface area contributed by atoms with Crippen LogP contribution in [0.3, 0.4) is 0 Å². The van der Waals surface area contributed by atoms with E-state index in [1.807, 2.05) is 6.92 Å². The van der Waals surface area contributed by atoms with Gasteiger partial charge in [-0.25, -0.2) is 13.6 Å². The van der Waals surface area contributed by atoms with Gasteiger partial charge >= 0.3 is 6.03 Å². The quantitative estimate of drug-likeness (QED) is 0.681. The van der Waals surface area contributed by atoms with Crippen LogP contribution in [0.15, 0.2) is 18.2 Å². The third-order valence-corrected chi connectivity index (χ3v) is 4.22. The second-order valence-electron chi connectivity index (χ2n) is 6.38. The van der Waals surface area contributed by atoms with Crippen molar-refractivity contribution < 1.29 is 18.4 Å². The number of rotatable bonds is 7. The van der Waals surface area contributed by atoms with Crippen LogP contribution in [0.5, 0.6) is 0 Å². The lowest BCUT2D eigenvalue weighted by Gasteiger charge is -2.33. The maximum absolute atomic E-state index is 13.1. The minimum absolute atomic E-state index is 0.0978. The summed E-state index contributed by atoms with van der Waals surface area (Å²) in [5, 5.41) is 8.85. The molecule has 1 aromatic rings. The number of hydrogen-bond acceptors (Lipinski definition) is 3. The number of piperazine rings is 1. The summed E-state index contributed by atoms with van der Waals surface area (Å²) in [7, 11) is 0. The lowest BCUT2D eigenvalue weighted by Crippen LogP contribution is -2.56. The Bertz CT molecular complexity index is 627. The van der Waals surface area contributed by atoms with Gasteiger partial charge in [-0.1, -0.05) is 13.0 Å². The monoisotopic (exact) mass is 368 g/mol. The molecule has 0 aromatic heterocycles. The van der Waals surface area contributed by atoms with Gasteiger partial charge in [-0.3, -0.25) is 4.79 Å². The Morgan fingerprint density at radius 3 is 2.77 bits per heavy atom. The molecule has 0 radical (unpaired) electrons. The highest BCUT2D eigenvalue weighted by Crippen LogP contribution is 2.09. The zero-order valence-electron chi connectivity index (χ0n) is 15.0. The van der Waals surface area contributed by atoms with E-state index in [2.05, 4.69) is 16.0 Å². The van der Waals surface area contributed by atoms with Crippen LogP contribution in [-0.4, -0.2) is 55.6 Å². The number of urea groups is 1. The maximum atomic E-state index is 13.1. The molecular weight excluding hydrogens is 342 g/mol. The first-order chi connectivity index (χ1) is 12.5. The number of nitrogens with zero attached hydrogens (tertiary/aromatic N) is 1. The van der Waals surface area contributed by atoms with E-state index in [0.29, 0.717) is 44.7 Å². The standard InChI is InChI=1S/C18H26F2N4O2/c1-2-6-23-18(26)24-9-8-21-14(12-24)11-17(25)22-7-5-13-3-4-15(19)16(20)10-13/h3-4,10,14,21H,2,5-9,11-12H2,1H3,(H,22,25)(H,23,26). The van der Waals surface area contributed by atoms with Crippen LogP contribution in [0.25, 0.3) is 0 Å². The first-order valence-corrected chi connectivity index (χ1v) is 8.96. The van der Waals surface area contributed by atoms with E-state index in [4.69, 9.17) is 0 Å². The average Bonchev–Trinajstić information content (AvgIpc) is 2.63. The SMILES string of the molecule is CCCNC(=O)N1CCNC(CC(=O)NCCc2ccc(F)c(F)c2)C1. The van der Waals surface area contributed by atoms with E-state index in [1.54, 1.807) is 4.90 Å². The number of carbonyl (C=O) groups excluding carboxylic acids is 2. The number of halogens is 2. The zero-order valence-corrected chi connectivity index (χ0v) is 15.0. The summed E-state index contributed by atoms with van der Waals surface area (Å²) in [4.78, 5) is 25.8. The normalized spacial score (nSPS) is 17.0. The van der Waals surface area contributed by atoms with Crippen LogP contribution in [0, 0.1) is 11.6 Å². The summed E-state index contributed by atoms with van der Waals surface area (Å²) in [6.07, 6.45) is 1.56. The largest absolute Gasteiger partial charge is 0.356 e. The second kappa shape index (κ2) is 10.1. The molecule has 1 fully saturated rings. The Labute approximate surface area is 152 Å². The third kappa shape index (κ3) is 6.25. The Balaban J connectivity index is 1.71. The van der Waals surface area contributed by atoms with E-state index in [0.717, 1.165) is 18.6 Å². The molecule has 0 bridgehead atoms. The van der Waals surface area contributed by atoms with Gasteiger partial charge in [-0.15, -0.1) is 0 Å². The van der Waals surface area contributed by atoms with Gasteiger partial charge in [0.05, 0.1) is 0 Å². The molecule has 1 aromatic carbocycles. The topological polar surface area (TPSA) is 73.5 Å². The van der Waals surface area contributed by atoms with Crippen LogP contribution in [-0.2, 0) is 11.2 Å². The van der Waals surface area contributed by atoms with Gasteiger partial charge in [0.15, 0.2) is 11.6 Å². The van der Waals surface area contributed by atoms with Crippen molar-refractivity contribution in [1.82, 2.24) is 20.9 Å². The fraction of sp³-hybridized carbons (Fsp3) is 0.556. The van der Waals surface area contributed by atoms with E-state index in [1.165, 1.54) is 6.07 Å². The van der Waals surface area contributed by atoms with E-state index in [9.17, 15) is 18.4 Å². The molecular formula is C18H26F2N4O2. The van der Waals surface area contributed by atoms with Crippen molar-refractivity contribution in [2.45, 2.75) is 32.2 Å². The molecule has 144 valence electrons. The van der Waals surface area contributed by atoms with E-state index >= 15 is 0 Å². The molecule has 1 aliphatic rings. The Morgan fingerprint density at radius 2 is 2.04 bits per heavy atom. The molecule has 6 nitrogen and oxygen atoms in total. The lowest BCUT2D eigenvalue weighted by molar-refractivity contribution is -0.121. The van der Waals surface area contributed by atoms with Crippen molar-refractivity contribution in [3.8, 4) is 0 Å². The van der Waals surface area contributed by atoms with Crippen LogP contribution < -0.4 is 16.0 Å². The minimum atomic E-state index is -0.887. The minimum Gasteiger partial charge on any atom is -0.356 e. The Hall–Kier alpha value is -2.22. The summed E-state index contributed by atoms with van der Waals surface area (Å²) in [5.41, 5.74) is 0.624. The fourth-order valence-electron chi connectivity index (χ4n) is 2.83. The van der Waals surface area contributed by atoms with Crippen molar-refractivity contribution in [3.05, 3.63) is 35.4 Å². The first-order valence-electron chi connectivity index (χ1n) is 8.96.